The predicted octanol–water partition coefficient (Wildman–Crippen LogP) is 4.41. The van der Waals surface area contributed by atoms with Crippen LogP contribution in [-0.4, -0.2) is 20.4 Å². The molecule has 0 aliphatic rings. The van der Waals surface area contributed by atoms with Gasteiger partial charge in [0.2, 0.25) is 0 Å². The van der Waals surface area contributed by atoms with Crippen LogP contribution in [0.25, 0.3) is 16.9 Å². The lowest BCUT2D eigenvalue weighted by molar-refractivity contribution is 0.626. The molecule has 0 spiro atoms. The Kier molecular flexibility index (Phi) is 3.95. The normalized spacial score (nSPS) is 11.2. The summed E-state index contributed by atoms with van der Waals surface area (Å²) in [5.41, 5.74) is 3.16. The second kappa shape index (κ2) is 5.73. The molecule has 0 aliphatic carbocycles. The molecule has 3 aromatic rings. The Balaban J connectivity index is 2.33. The van der Waals surface area contributed by atoms with E-state index in [0.29, 0.717) is 17.9 Å². The Labute approximate surface area is 134 Å². The van der Waals surface area contributed by atoms with Crippen molar-refractivity contribution in [3.05, 3.63) is 52.1 Å². The molecule has 108 valence electrons. The predicted molar refractivity (Wildman–Crippen MR) is 85.7 cm³/mol. The third-order valence-electron chi connectivity index (χ3n) is 3.26. The first-order valence-corrected chi connectivity index (χ1v) is 7.78. The number of rotatable bonds is 3. The number of hydrogen-bond acceptors (Lipinski definition) is 2. The lowest BCUT2D eigenvalue weighted by Crippen LogP contribution is -2.05. The Hall–Kier alpha value is -1.46. The molecule has 21 heavy (non-hydrogen) atoms. The lowest BCUT2D eigenvalue weighted by Gasteiger charge is -2.11. The van der Waals surface area contributed by atoms with Crippen LogP contribution in [-0.2, 0) is 6.42 Å². The van der Waals surface area contributed by atoms with Crippen LogP contribution in [0, 0.1) is 12.7 Å². The van der Waals surface area contributed by atoms with Crippen LogP contribution in [0.2, 0.25) is 0 Å². The van der Waals surface area contributed by atoms with E-state index in [0.717, 1.165) is 27.1 Å². The van der Waals surface area contributed by atoms with Crippen LogP contribution in [0.3, 0.4) is 0 Å². The molecule has 2 aromatic heterocycles. The summed E-state index contributed by atoms with van der Waals surface area (Å²) in [6.07, 6.45) is 2.30. The highest BCUT2D eigenvalue weighted by Crippen LogP contribution is 2.25. The first kappa shape index (κ1) is 14.5. The van der Waals surface area contributed by atoms with Gasteiger partial charge in [-0.3, -0.25) is 4.57 Å². The average Bonchev–Trinajstić information content (AvgIpc) is 2.79. The second-order valence-corrected chi connectivity index (χ2v) is 6.02. The smallest absolute Gasteiger partial charge is 0.164 e. The van der Waals surface area contributed by atoms with Gasteiger partial charge in [0.05, 0.1) is 5.69 Å². The number of halogens is 3. The Morgan fingerprint density at radius 3 is 2.90 bits per heavy atom. The van der Waals surface area contributed by atoms with Gasteiger partial charge >= 0.3 is 0 Å². The van der Waals surface area contributed by atoms with Crippen molar-refractivity contribution in [1.82, 2.24) is 14.5 Å². The number of hydrogen-bond donors (Lipinski definition) is 0. The minimum absolute atomic E-state index is 0.286. The Morgan fingerprint density at radius 1 is 1.33 bits per heavy atom. The van der Waals surface area contributed by atoms with Crippen LogP contribution in [0.1, 0.15) is 11.4 Å². The number of fused-ring (bicyclic) bond motifs is 1. The molecule has 1 aromatic carbocycles. The molecule has 0 bridgehead atoms. The molecule has 0 radical (unpaired) electrons. The van der Waals surface area contributed by atoms with E-state index in [1.54, 1.807) is 12.3 Å². The summed E-state index contributed by atoms with van der Waals surface area (Å²) in [6.45, 7) is 1.93. The second-order valence-electron chi connectivity index (χ2n) is 4.73. The van der Waals surface area contributed by atoms with Crippen molar-refractivity contribution in [3.63, 3.8) is 0 Å². The number of aryl methyl sites for hydroxylation is 2. The fraction of sp³-hybridized carbons (Fsp3) is 0.200. The molecular formula is C15H12BrClFN3. The zero-order chi connectivity index (χ0) is 15.0. The van der Waals surface area contributed by atoms with Gasteiger partial charge in [-0.15, -0.1) is 11.6 Å². The maximum atomic E-state index is 13.6. The highest BCUT2D eigenvalue weighted by molar-refractivity contribution is 9.10. The van der Waals surface area contributed by atoms with Gasteiger partial charge in [0, 0.05) is 23.0 Å². The molecular weight excluding hydrogens is 357 g/mol. The van der Waals surface area contributed by atoms with Gasteiger partial charge in [0.1, 0.15) is 17.2 Å². The first-order chi connectivity index (χ1) is 10.1. The summed E-state index contributed by atoms with van der Waals surface area (Å²) >= 11 is 9.26. The van der Waals surface area contributed by atoms with E-state index >= 15 is 0 Å². The van der Waals surface area contributed by atoms with E-state index < -0.39 is 0 Å². The van der Waals surface area contributed by atoms with Gasteiger partial charge in [-0.05, 0) is 46.6 Å². The molecule has 6 heteroatoms. The molecule has 0 amide bonds. The van der Waals surface area contributed by atoms with E-state index in [-0.39, 0.29) is 5.82 Å². The fourth-order valence-electron chi connectivity index (χ4n) is 2.32. The maximum Gasteiger partial charge on any atom is 0.164 e. The number of alkyl halides is 1. The summed E-state index contributed by atoms with van der Waals surface area (Å²) in [6, 6.07) is 6.59. The largest absolute Gasteiger partial charge is 0.280 e. The van der Waals surface area contributed by atoms with Crippen molar-refractivity contribution in [1.29, 1.82) is 0 Å². The topological polar surface area (TPSA) is 30.7 Å². The van der Waals surface area contributed by atoms with Crippen LogP contribution in [0.15, 0.2) is 34.9 Å². The number of pyridine rings is 1. The van der Waals surface area contributed by atoms with Crippen molar-refractivity contribution in [2.24, 2.45) is 0 Å². The van der Waals surface area contributed by atoms with E-state index in [4.69, 9.17) is 11.6 Å². The van der Waals surface area contributed by atoms with Crippen molar-refractivity contribution >= 4 is 38.7 Å². The third-order valence-corrected chi connectivity index (χ3v) is 3.89. The van der Waals surface area contributed by atoms with E-state index in [2.05, 4.69) is 25.9 Å². The Morgan fingerprint density at radius 2 is 2.14 bits per heavy atom. The lowest BCUT2D eigenvalue weighted by atomic mass is 10.2. The average molecular weight is 369 g/mol. The maximum absolute atomic E-state index is 13.6. The molecule has 2 heterocycles. The summed E-state index contributed by atoms with van der Waals surface area (Å²) in [7, 11) is 0. The molecule has 0 aliphatic heterocycles. The summed E-state index contributed by atoms with van der Waals surface area (Å²) < 4.78 is 16.4. The minimum atomic E-state index is -0.286. The molecule has 0 saturated heterocycles. The first-order valence-electron chi connectivity index (χ1n) is 6.45. The minimum Gasteiger partial charge on any atom is -0.280 e. The zero-order valence-corrected chi connectivity index (χ0v) is 13.6. The number of imidazole rings is 1. The van der Waals surface area contributed by atoms with Crippen LogP contribution in [0.4, 0.5) is 4.39 Å². The SMILES string of the molecule is Cc1ccc(F)cc1-n1c(CCCl)nc2cc(Br)cnc21. The van der Waals surface area contributed by atoms with Gasteiger partial charge in [0.15, 0.2) is 5.65 Å². The highest BCUT2D eigenvalue weighted by Gasteiger charge is 2.15. The number of benzene rings is 1. The van der Waals surface area contributed by atoms with Crippen LogP contribution >= 0.6 is 27.5 Å². The highest BCUT2D eigenvalue weighted by atomic mass is 79.9. The Bertz CT molecular complexity index is 816. The molecule has 0 fully saturated rings. The molecule has 0 atom stereocenters. The van der Waals surface area contributed by atoms with Gasteiger partial charge in [-0.1, -0.05) is 6.07 Å². The van der Waals surface area contributed by atoms with Crippen molar-refractivity contribution in [3.8, 4) is 5.69 Å². The number of nitrogens with zero attached hydrogens (tertiary/aromatic N) is 3. The number of aromatic nitrogens is 3. The van der Waals surface area contributed by atoms with E-state index in [1.165, 1.54) is 12.1 Å². The van der Waals surface area contributed by atoms with Gasteiger partial charge in [-0.2, -0.15) is 0 Å². The van der Waals surface area contributed by atoms with Crippen molar-refractivity contribution in [2.75, 3.05) is 5.88 Å². The summed E-state index contributed by atoms with van der Waals surface area (Å²) in [4.78, 5) is 8.99. The van der Waals surface area contributed by atoms with Crippen molar-refractivity contribution < 1.29 is 4.39 Å². The van der Waals surface area contributed by atoms with Gasteiger partial charge in [0.25, 0.3) is 0 Å². The molecule has 0 saturated carbocycles. The van der Waals surface area contributed by atoms with Gasteiger partial charge in [-0.25, -0.2) is 14.4 Å². The third kappa shape index (κ3) is 2.68. The molecule has 3 rings (SSSR count). The zero-order valence-electron chi connectivity index (χ0n) is 11.3. The molecule has 0 N–H and O–H groups in total. The van der Waals surface area contributed by atoms with E-state index in [1.807, 2.05) is 17.6 Å². The molecule has 3 nitrogen and oxygen atoms in total. The summed E-state index contributed by atoms with van der Waals surface area (Å²) in [5, 5.41) is 0. The quantitative estimate of drug-likeness (QED) is 0.641. The van der Waals surface area contributed by atoms with Gasteiger partial charge < -0.3 is 0 Å². The standard InChI is InChI=1S/C15H12BrClFN3/c1-9-2-3-11(18)7-13(9)21-14(4-5-17)20-12-6-10(16)8-19-15(12)21/h2-3,6-8H,4-5H2,1H3. The summed E-state index contributed by atoms with van der Waals surface area (Å²) in [5.74, 6) is 0.935. The monoisotopic (exact) mass is 367 g/mol. The van der Waals surface area contributed by atoms with Crippen LogP contribution < -0.4 is 0 Å². The van der Waals surface area contributed by atoms with Crippen molar-refractivity contribution in [2.45, 2.75) is 13.3 Å². The fourth-order valence-corrected chi connectivity index (χ4v) is 2.80. The molecule has 0 unspecified atom stereocenters. The van der Waals surface area contributed by atoms with E-state index in [9.17, 15) is 4.39 Å². The van der Waals surface area contributed by atoms with Crippen LogP contribution in [0.5, 0.6) is 0 Å².